The molecule has 0 fully saturated rings. The molecule has 0 amide bonds. The molecule has 20 heavy (non-hydrogen) atoms. The maximum Gasteiger partial charge on any atom is 0.224 e. The highest BCUT2D eigenvalue weighted by Crippen LogP contribution is 2.30. The summed E-state index contributed by atoms with van der Waals surface area (Å²) in [6.45, 7) is 4.00. The third kappa shape index (κ3) is 4.28. The zero-order chi connectivity index (χ0) is 15.0. The number of aromatic nitrogens is 2. The van der Waals surface area contributed by atoms with E-state index >= 15 is 0 Å². The molecule has 0 saturated carbocycles. The fourth-order valence-electron chi connectivity index (χ4n) is 1.44. The van der Waals surface area contributed by atoms with Crippen molar-refractivity contribution in [2.75, 3.05) is 19.5 Å². The summed E-state index contributed by atoms with van der Waals surface area (Å²) in [6, 6.07) is 7.17. The van der Waals surface area contributed by atoms with Crippen molar-refractivity contribution >= 4 is 23.1 Å². The fraction of sp³-hybridized carbons (Fsp3) is 0.286. The summed E-state index contributed by atoms with van der Waals surface area (Å²) in [5.41, 5.74) is 0.771. The van der Waals surface area contributed by atoms with Crippen molar-refractivity contribution in [3.63, 3.8) is 0 Å². The van der Waals surface area contributed by atoms with Crippen molar-refractivity contribution in [1.82, 2.24) is 9.97 Å². The summed E-state index contributed by atoms with van der Waals surface area (Å²) < 4.78 is 10.4. The molecule has 1 N–H and O–H groups in total. The molecule has 0 bridgehead atoms. The summed E-state index contributed by atoms with van der Waals surface area (Å²) in [4.78, 5) is 7.86. The van der Waals surface area contributed by atoms with Gasteiger partial charge in [0.25, 0.3) is 0 Å². The Kier molecular flexibility index (Phi) is 6.59. The van der Waals surface area contributed by atoms with E-state index in [4.69, 9.17) is 21.1 Å². The van der Waals surface area contributed by atoms with Crippen LogP contribution in [0.3, 0.4) is 0 Å². The van der Waals surface area contributed by atoms with Crippen molar-refractivity contribution in [3.05, 3.63) is 35.7 Å². The molecule has 108 valence electrons. The molecule has 0 radical (unpaired) electrons. The largest absolute Gasteiger partial charge is 0.497 e. The van der Waals surface area contributed by atoms with E-state index in [1.54, 1.807) is 32.5 Å². The van der Waals surface area contributed by atoms with Gasteiger partial charge in [0.15, 0.2) is 0 Å². The third-order valence-corrected chi connectivity index (χ3v) is 2.48. The van der Waals surface area contributed by atoms with Gasteiger partial charge in [-0.05, 0) is 29.8 Å². The predicted octanol–water partition coefficient (Wildman–Crippen LogP) is 3.92. The van der Waals surface area contributed by atoms with E-state index in [0.717, 1.165) is 11.4 Å². The molecule has 1 heterocycles. The number of rotatable bonds is 4. The van der Waals surface area contributed by atoms with Gasteiger partial charge >= 0.3 is 0 Å². The van der Waals surface area contributed by atoms with Crippen LogP contribution in [0, 0.1) is 0 Å². The number of anilines is 2. The van der Waals surface area contributed by atoms with Gasteiger partial charge in [0.1, 0.15) is 17.3 Å². The predicted molar refractivity (Wildman–Crippen MR) is 81.2 cm³/mol. The average molecular weight is 296 g/mol. The van der Waals surface area contributed by atoms with Crippen molar-refractivity contribution in [2.24, 2.45) is 0 Å². The van der Waals surface area contributed by atoms with Crippen molar-refractivity contribution in [3.8, 4) is 11.5 Å². The van der Waals surface area contributed by atoms with Crippen LogP contribution in [0.4, 0.5) is 11.5 Å². The number of hydrogen-bond acceptors (Lipinski definition) is 5. The maximum atomic E-state index is 5.72. The fourth-order valence-corrected chi connectivity index (χ4v) is 1.59. The Morgan fingerprint density at radius 1 is 1.10 bits per heavy atom. The Morgan fingerprint density at radius 3 is 2.45 bits per heavy atom. The highest BCUT2D eigenvalue weighted by molar-refractivity contribution is 6.28. The van der Waals surface area contributed by atoms with Gasteiger partial charge in [-0.2, -0.15) is 0 Å². The normalized spacial score (nSPS) is 9.25. The standard InChI is InChI=1S/C12H12ClN3O2.C2H6/c1-17-8-3-4-9(10(7-8)18-2)15-11-5-6-14-12(13)16-11;1-2/h3-7H,1-2H3,(H,14,15,16);1-2H3. The van der Waals surface area contributed by atoms with Gasteiger partial charge in [0.2, 0.25) is 5.28 Å². The molecule has 2 rings (SSSR count). The van der Waals surface area contributed by atoms with E-state index in [1.165, 1.54) is 0 Å². The van der Waals surface area contributed by atoms with E-state index in [0.29, 0.717) is 11.6 Å². The van der Waals surface area contributed by atoms with E-state index in [1.807, 2.05) is 26.0 Å². The zero-order valence-corrected chi connectivity index (χ0v) is 12.7. The first-order chi connectivity index (χ1) is 9.72. The van der Waals surface area contributed by atoms with Crippen LogP contribution in [0.25, 0.3) is 0 Å². The first kappa shape index (κ1) is 16.0. The summed E-state index contributed by atoms with van der Waals surface area (Å²) in [7, 11) is 3.19. The average Bonchev–Trinajstić information content (AvgIpc) is 2.50. The number of benzene rings is 1. The number of halogens is 1. The highest BCUT2D eigenvalue weighted by atomic mass is 35.5. The van der Waals surface area contributed by atoms with Gasteiger partial charge in [-0.25, -0.2) is 9.97 Å². The number of methoxy groups -OCH3 is 2. The zero-order valence-electron chi connectivity index (χ0n) is 12.0. The summed E-state index contributed by atoms with van der Waals surface area (Å²) >= 11 is 5.72. The maximum absolute atomic E-state index is 5.72. The van der Waals surface area contributed by atoms with Crippen LogP contribution in [0.2, 0.25) is 5.28 Å². The molecule has 5 nitrogen and oxygen atoms in total. The summed E-state index contributed by atoms with van der Waals surface area (Å²) in [5.74, 6) is 1.97. The lowest BCUT2D eigenvalue weighted by molar-refractivity contribution is 0.395. The second-order valence-corrected chi connectivity index (χ2v) is 3.74. The molecule has 0 aliphatic carbocycles. The van der Waals surface area contributed by atoms with Crippen LogP contribution in [0.1, 0.15) is 13.8 Å². The summed E-state index contributed by atoms with van der Waals surface area (Å²) in [6.07, 6.45) is 1.58. The minimum atomic E-state index is 0.187. The van der Waals surface area contributed by atoms with Gasteiger partial charge < -0.3 is 14.8 Å². The molecule has 0 aliphatic heterocycles. The van der Waals surface area contributed by atoms with Gasteiger partial charge in [0, 0.05) is 12.3 Å². The van der Waals surface area contributed by atoms with Gasteiger partial charge in [-0.15, -0.1) is 0 Å². The SMILES string of the molecule is CC.COc1ccc(Nc2ccnc(Cl)n2)c(OC)c1. The van der Waals surface area contributed by atoms with Crippen LogP contribution in [-0.2, 0) is 0 Å². The lowest BCUT2D eigenvalue weighted by atomic mass is 10.2. The van der Waals surface area contributed by atoms with Crippen LogP contribution in [0.15, 0.2) is 30.5 Å². The molecule has 0 spiro atoms. The van der Waals surface area contributed by atoms with Crippen LogP contribution >= 0.6 is 11.6 Å². The van der Waals surface area contributed by atoms with Crippen LogP contribution < -0.4 is 14.8 Å². The molecular formula is C14H18ClN3O2. The highest BCUT2D eigenvalue weighted by Gasteiger charge is 2.06. The van der Waals surface area contributed by atoms with Crippen molar-refractivity contribution in [2.45, 2.75) is 13.8 Å². The first-order valence-electron chi connectivity index (χ1n) is 6.20. The lowest BCUT2D eigenvalue weighted by Crippen LogP contribution is -1.98. The number of hydrogen-bond donors (Lipinski definition) is 1. The van der Waals surface area contributed by atoms with E-state index in [2.05, 4.69) is 15.3 Å². The summed E-state index contributed by atoms with van der Waals surface area (Å²) in [5, 5.41) is 3.29. The number of ether oxygens (including phenoxy) is 2. The van der Waals surface area contributed by atoms with E-state index in [9.17, 15) is 0 Å². The van der Waals surface area contributed by atoms with Crippen LogP contribution in [-0.4, -0.2) is 24.2 Å². The Morgan fingerprint density at radius 2 is 1.85 bits per heavy atom. The van der Waals surface area contributed by atoms with Gasteiger partial charge in [0.05, 0.1) is 19.9 Å². The Bertz CT molecular complexity index is 550. The third-order valence-electron chi connectivity index (χ3n) is 2.30. The lowest BCUT2D eigenvalue weighted by Gasteiger charge is -2.11. The number of nitrogens with zero attached hydrogens (tertiary/aromatic N) is 2. The van der Waals surface area contributed by atoms with Crippen LogP contribution in [0.5, 0.6) is 11.5 Å². The Labute approximate surface area is 123 Å². The topological polar surface area (TPSA) is 56.3 Å². The molecule has 6 heteroatoms. The van der Waals surface area contributed by atoms with Gasteiger partial charge in [-0.3, -0.25) is 0 Å². The minimum absolute atomic E-state index is 0.187. The van der Waals surface area contributed by atoms with E-state index in [-0.39, 0.29) is 5.28 Å². The van der Waals surface area contributed by atoms with Crippen molar-refractivity contribution < 1.29 is 9.47 Å². The molecule has 0 atom stereocenters. The second-order valence-electron chi connectivity index (χ2n) is 3.40. The molecular weight excluding hydrogens is 278 g/mol. The monoisotopic (exact) mass is 295 g/mol. The number of nitrogens with one attached hydrogen (secondary N) is 1. The molecule has 1 aromatic heterocycles. The minimum Gasteiger partial charge on any atom is -0.497 e. The molecule has 0 unspecified atom stereocenters. The second kappa shape index (κ2) is 8.22. The molecule has 1 aromatic carbocycles. The van der Waals surface area contributed by atoms with E-state index < -0.39 is 0 Å². The quantitative estimate of drug-likeness (QED) is 0.867. The Balaban J connectivity index is 0.000000956. The molecule has 2 aromatic rings. The Hall–Kier alpha value is -2.01. The van der Waals surface area contributed by atoms with Gasteiger partial charge in [-0.1, -0.05) is 13.8 Å². The molecule has 0 aliphatic rings. The van der Waals surface area contributed by atoms with Crippen molar-refractivity contribution in [1.29, 1.82) is 0 Å². The smallest absolute Gasteiger partial charge is 0.224 e. The molecule has 0 saturated heterocycles. The first-order valence-corrected chi connectivity index (χ1v) is 6.58.